The van der Waals surface area contributed by atoms with Gasteiger partial charge in [0, 0.05) is 18.5 Å². The van der Waals surface area contributed by atoms with Gasteiger partial charge in [0.1, 0.15) is 11.6 Å². The van der Waals surface area contributed by atoms with Gasteiger partial charge in [-0.25, -0.2) is 23.5 Å². The molecule has 0 aliphatic heterocycles. The highest BCUT2D eigenvalue weighted by Crippen LogP contribution is 2.43. The SMILES string of the molecule is CCOC(=O)c1cnc(NC2(c3cc(F)cc(F)c3)CCC2)nc1. The lowest BCUT2D eigenvalue weighted by Gasteiger charge is -2.43. The van der Waals surface area contributed by atoms with E-state index in [0.29, 0.717) is 11.5 Å². The summed E-state index contributed by atoms with van der Waals surface area (Å²) in [6, 6.07) is 3.49. The third-order valence-electron chi connectivity index (χ3n) is 4.14. The lowest BCUT2D eigenvalue weighted by molar-refractivity contribution is 0.0525. The molecule has 1 aliphatic rings. The minimum atomic E-state index is -0.614. The fraction of sp³-hybridized carbons (Fsp3) is 0.353. The van der Waals surface area contributed by atoms with Crippen molar-refractivity contribution in [1.29, 1.82) is 0 Å². The fourth-order valence-electron chi connectivity index (χ4n) is 2.77. The van der Waals surface area contributed by atoms with Gasteiger partial charge in [-0.2, -0.15) is 0 Å². The zero-order chi connectivity index (χ0) is 17.2. The Hall–Kier alpha value is -2.57. The molecule has 0 radical (unpaired) electrons. The Balaban J connectivity index is 1.81. The highest BCUT2D eigenvalue weighted by molar-refractivity contribution is 5.88. The number of carbonyl (C=O) groups is 1. The normalized spacial score (nSPS) is 15.5. The number of hydrogen-bond acceptors (Lipinski definition) is 5. The average Bonchev–Trinajstić information content (AvgIpc) is 2.50. The second-order valence-electron chi connectivity index (χ2n) is 5.73. The number of ether oxygens (including phenoxy) is 1. The molecule has 2 aromatic rings. The van der Waals surface area contributed by atoms with Crippen LogP contribution in [0.1, 0.15) is 42.1 Å². The number of nitrogens with zero attached hydrogens (tertiary/aromatic N) is 2. The molecule has 5 nitrogen and oxygen atoms in total. The molecule has 1 aromatic carbocycles. The maximum atomic E-state index is 13.5. The van der Waals surface area contributed by atoms with Gasteiger partial charge in [0.25, 0.3) is 0 Å². The highest BCUT2D eigenvalue weighted by Gasteiger charge is 2.40. The number of hydrogen-bond donors (Lipinski definition) is 1. The third-order valence-corrected chi connectivity index (χ3v) is 4.14. The van der Waals surface area contributed by atoms with Gasteiger partial charge in [0.15, 0.2) is 0 Å². The van der Waals surface area contributed by atoms with E-state index in [0.717, 1.165) is 25.3 Å². The minimum Gasteiger partial charge on any atom is -0.462 e. The molecule has 3 rings (SSSR count). The molecule has 1 aliphatic carbocycles. The fourth-order valence-corrected chi connectivity index (χ4v) is 2.77. The van der Waals surface area contributed by atoms with Crippen molar-refractivity contribution in [3.8, 4) is 0 Å². The van der Waals surface area contributed by atoms with E-state index in [2.05, 4.69) is 15.3 Å². The molecule has 1 fully saturated rings. The molecular weight excluding hydrogens is 316 g/mol. The van der Waals surface area contributed by atoms with Crippen LogP contribution in [0.3, 0.4) is 0 Å². The van der Waals surface area contributed by atoms with Gasteiger partial charge in [-0.1, -0.05) is 0 Å². The average molecular weight is 333 g/mol. The van der Waals surface area contributed by atoms with Crippen molar-refractivity contribution in [2.75, 3.05) is 11.9 Å². The molecule has 24 heavy (non-hydrogen) atoms. The Labute approximate surface area is 138 Å². The van der Waals surface area contributed by atoms with Gasteiger partial charge in [-0.05, 0) is 43.9 Å². The van der Waals surface area contributed by atoms with Gasteiger partial charge in [-0.3, -0.25) is 0 Å². The smallest absolute Gasteiger partial charge is 0.341 e. The summed E-state index contributed by atoms with van der Waals surface area (Å²) in [7, 11) is 0. The zero-order valence-corrected chi connectivity index (χ0v) is 13.2. The van der Waals surface area contributed by atoms with E-state index in [-0.39, 0.29) is 12.2 Å². The van der Waals surface area contributed by atoms with Crippen LogP contribution in [-0.2, 0) is 10.3 Å². The van der Waals surface area contributed by atoms with Crippen LogP contribution in [0.15, 0.2) is 30.6 Å². The predicted molar refractivity (Wildman–Crippen MR) is 83.5 cm³/mol. The van der Waals surface area contributed by atoms with Crippen LogP contribution in [0.5, 0.6) is 0 Å². The van der Waals surface area contributed by atoms with Crippen molar-refractivity contribution < 1.29 is 18.3 Å². The first-order valence-corrected chi connectivity index (χ1v) is 7.76. The Kier molecular flexibility index (Phi) is 4.42. The van der Waals surface area contributed by atoms with Gasteiger partial charge in [-0.15, -0.1) is 0 Å². The van der Waals surface area contributed by atoms with Gasteiger partial charge in [0.05, 0.1) is 17.7 Å². The second kappa shape index (κ2) is 6.51. The molecule has 126 valence electrons. The maximum absolute atomic E-state index is 13.5. The monoisotopic (exact) mass is 333 g/mol. The van der Waals surface area contributed by atoms with E-state index in [1.807, 2.05) is 0 Å². The number of esters is 1. The van der Waals surface area contributed by atoms with E-state index in [4.69, 9.17) is 4.74 Å². The zero-order valence-electron chi connectivity index (χ0n) is 13.2. The number of anilines is 1. The first kappa shape index (κ1) is 16.3. The first-order valence-electron chi connectivity index (χ1n) is 7.76. The Morgan fingerprint density at radius 3 is 2.33 bits per heavy atom. The molecular formula is C17H17F2N3O2. The number of carbonyl (C=O) groups excluding carboxylic acids is 1. The molecule has 7 heteroatoms. The minimum absolute atomic E-state index is 0.252. The molecule has 0 amide bonds. The van der Waals surface area contributed by atoms with Crippen molar-refractivity contribution in [2.24, 2.45) is 0 Å². The Bertz CT molecular complexity index is 726. The van der Waals surface area contributed by atoms with Crippen LogP contribution in [0.2, 0.25) is 0 Å². The second-order valence-corrected chi connectivity index (χ2v) is 5.73. The van der Waals surface area contributed by atoms with Crippen molar-refractivity contribution >= 4 is 11.9 Å². The van der Waals surface area contributed by atoms with Crippen molar-refractivity contribution in [2.45, 2.75) is 31.7 Å². The summed E-state index contributed by atoms with van der Waals surface area (Å²) in [6.07, 6.45) is 5.11. The van der Waals surface area contributed by atoms with Crippen LogP contribution in [0, 0.1) is 11.6 Å². The maximum Gasteiger partial charge on any atom is 0.341 e. The topological polar surface area (TPSA) is 64.1 Å². The standard InChI is InChI=1S/C17H17F2N3O2/c1-2-24-15(23)11-9-20-16(21-10-11)22-17(4-3-5-17)12-6-13(18)8-14(19)7-12/h6-10H,2-5H2,1H3,(H,20,21,22). The summed E-state index contributed by atoms with van der Waals surface area (Å²) in [5.74, 6) is -1.42. The molecule has 1 heterocycles. The highest BCUT2D eigenvalue weighted by atomic mass is 19.1. The molecule has 1 aromatic heterocycles. The summed E-state index contributed by atoms with van der Waals surface area (Å²) in [5.41, 5.74) is 0.195. The number of benzene rings is 1. The van der Waals surface area contributed by atoms with Crippen LogP contribution in [0.25, 0.3) is 0 Å². The molecule has 0 unspecified atom stereocenters. The number of aromatic nitrogens is 2. The molecule has 1 saturated carbocycles. The summed E-state index contributed by atoms with van der Waals surface area (Å²) in [5, 5.41) is 3.15. The van der Waals surface area contributed by atoms with Crippen molar-refractivity contribution in [3.05, 3.63) is 53.4 Å². The molecule has 0 atom stereocenters. The van der Waals surface area contributed by atoms with Gasteiger partial charge in [0.2, 0.25) is 5.95 Å². The molecule has 1 N–H and O–H groups in total. The van der Waals surface area contributed by atoms with Gasteiger partial charge >= 0.3 is 5.97 Å². The van der Waals surface area contributed by atoms with E-state index in [1.54, 1.807) is 6.92 Å². The van der Waals surface area contributed by atoms with E-state index in [9.17, 15) is 13.6 Å². The van der Waals surface area contributed by atoms with Crippen LogP contribution in [-0.4, -0.2) is 22.5 Å². The summed E-state index contributed by atoms with van der Waals surface area (Å²) in [4.78, 5) is 19.8. The summed E-state index contributed by atoms with van der Waals surface area (Å²) >= 11 is 0. The Morgan fingerprint density at radius 1 is 1.21 bits per heavy atom. The third kappa shape index (κ3) is 3.20. The van der Waals surface area contributed by atoms with Gasteiger partial charge < -0.3 is 10.1 Å². The molecule has 0 saturated heterocycles. The number of nitrogens with one attached hydrogen (secondary N) is 1. The van der Waals surface area contributed by atoms with Crippen molar-refractivity contribution in [3.63, 3.8) is 0 Å². The lowest BCUT2D eigenvalue weighted by atomic mass is 9.72. The molecule has 0 bridgehead atoms. The largest absolute Gasteiger partial charge is 0.462 e. The quantitative estimate of drug-likeness (QED) is 0.850. The van der Waals surface area contributed by atoms with E-state index < -0.39 is 23.1 Å². The first-order chi connectivity index (χ1) is 11.5. The molecule has 0 spiro atoms. The van der Waals surface area contributed by atoms with E-state index in [1.165, 1.54) is 24.5 Å². The van der Waals surface area contributed by atoms with Crippen LogP contribution in [0.4, 0.5) is 14.7 Å². The predicted octanol–water partition coefficient (Wildman–Crippen LogP) is 3.42. The summed E-state index contributed by atoms with van der Waals surface area (Å²) < 4.78 is 31.9. The lowest BCUT2D eigenvalue weighted by Crippen LogP contribution is -2.42. The van der Waals surface area contributed by atoms with E-state index >= 15 is 0 Å². The summed E-state index contributed by atoms with van der Waals surface area (Å²) in [6.45, 7) is 1.99. The van der Waals surface area contributed by atoms with Crippen LogP contribution >= 0.6 is 0 Å². The Morgan fingerprint density at radius 2 is 1.83 bits per heavy atom. The number of halogens is 2. The van der Waals surface area contributed by atoms with Crippen LogP contribution < -0.4 is 5.32 Å². The number of rotatable bonds is 5. The van der Waals surface area contributed by atoms with Crippen molar-refractivity contribution in [1.82, 2.24) is 9.97 Å².